The zero-order valence-corrected chi connectivity index (χ0v) is 16.8. The first-order chi connectivity index (χ1) is 14.6. The van der Waals surface area contributed by atoms with Crippen LogP contribution in [0.4, 0.5) is 4.39 Å². The minimum Gasteiger partial charge on any atom is -0.502 e. The third-order valence-electron chi connectivity index (χ3n) is 4.61. The summed E-state index contributed by atoms with van der Waals surface area (Å²) in [6.45, 7) is -0.362. The topological polar surface area (TPSA) is 75.6 Å². The molecule has 7 heteroatoms. The van der Waals surface area contributed by atoms with Gasteiger partial charge in [-0.3, -0.25) is 4.79 Å². The molecule has 0 aliphatic carbocycles. The van der Waals surface area contributed by atoms with Crippen molar-refractivity contribution in [2.75, 3.05) is 13.2 Å². The van der Waals surface area contributed by atoms with E-state index >= 15 is 0 Å². The summed E-state index contributed by atoms with van der Waals surface area (Å²) in [5.41, 5.74) is 1.29. The van der Waals surface area contributed by atoms with E-state index in [4.69, 9.17) is 8.83 Å². The van der Waals surface area contributed by atoms with E-state index in [0.29, 0.717) is 0 Å². The lowest BCUT2D eigenvalue weighted by atomic mass is 10.1. The summed E-state index contributed by atoms with van der Waals surface area (Å²) in [7, 11) is 0. The molecule has 0 spiro atoms. The molecule has 0 unspecified atom stereocenters. The summed E-state index contributed by atoms with van der Waals surface area (Å²) in [5, 5.41) is 13.8. The number of hydrogen-bond acceptors (Lipinski definition) is 6. The molecule has 2 heterocycles. The van der Waals surface area contributed by atoms with Crippen molar-refractivity contribution in [1.29, 1.82) is 0 Å². The van der Waals surface area contributed by atoms with Crippen LogP contribution in [0.15, 0.2) is 85.5 Å². The summed E-state index contributed by atoms with van der Waals surface area (Å²) < 4.78 is 23.9. The first-order valence-corrected chi connectivity index (χ1v) is 10.4. The van der Waals surface area contributed by atoms with Crippen LogP contribution in [0.25, 0.3) is 22.3 Å². The summed E-state index contributed by atoms with van der Waals surface area (Å²) in [6, 6.07) is 18.9. The van der Waals surface area contributed by atoms with Crippen LogP contribution in [-0.4, -0.2) is 23.7 Å². The van der Waals surface area contributed by atoms with E-state index < -0.39 is 17.9 Å². The normalized spacial score (nSPS) is 12.3. The van der Waals surface area contributed by atoms with Crippen molar-refractivity contribution in [3.05, 3.63) is 82.9 Å². The maximum Gasteiger partial charge on any atom is 0.226 e. The molecule has 0 aliphatic heterocycles. The Balaban J connectivity index is 1.51. The monoisotopic (exact) mass is 425 g/mol. The van der Waals surface area contributed by atoms with Gasteiger partial charge in [-0.05, 0) is 24.3 Å². The summed E-state index contributed by atoms with van der Waals surface area (Å²) in [4.78, 5) is 12.6. The number of alkyl halides is 1. The van der Waals surface area contributed by atoms with Gasteiger partial charge in [-0.1, -0.05) is 30.3 Å². The molecular weight excluding hydrogens is 405 g/mol. The summed E-state index contributed by atoms with van der Waals surface area (Å²) in [6.07, 6.45) is 1.48. The Morgan fingerprint density at radius 1 is 1.10 bits per heavy atom. The molecule has 0 amide bonds. The highest BCUT2D eigenvalue weighted by Crippen LogP contribution is 2.31. The van der Waals surface area contributed by atoms with E-state index in [-0.39, 0.29) is 24.1 Å². The number of nitrogens with one attached hydrogen (secondary N) is 1. The fourth-order valence-corrected chi connectivity index (χ4v) is 4.18. The average molecular weight is 425 g/mol. The van der Waals surface area contributed by atoms with Gasteiger partial charge >= 0.3 is 0 Å². The molecule has 1 atom stereocenters. The van der Waals surface area contributed by atoms with Gasteiger partial charge in [-0.25, -0.2) is 4.39 Å². The Hall–Kier alpha value is -3.03. The van der Waals surface area contributed by atoms with Crippen molar-refractivity contribution < 1.29 is 18.3 Å². The van der Waals surface area contributed by atoms with Crippen LogP contribution in [0.3, 0.4) is 0 Å². The maximum absolute atomic E-state index is 12.7. The molecule has 30 heavy (non-hydrogen) atoms. The summed E-state index contributed by atoms with van der Waals surface area (Å²) in [5.74, 6) is 0.548. The van der Waals surface area contributed by atoms with Crippen molar-refractivity contribution in [3.8, 4) is 17.1 Å². The molecule has 2 aromatic carbocycles. The van der Waals surface area contributed by atoms with Crippen molar-refractivity contribution in [2.24, 2.45) is 0 Å². The standard InChI is InChI=1S/C23H20FNO4S/c24-10-11-25-22(14-21-23(27)18(26)9-12-28-21)30-17-7-5-15(6-8-17)20-13-16-3-1-2-4-19(16)29-20/h1-9,12-13,22,25,27H,10-11,14H2/t22-/m0/s1. The van der Waals surface area contributed by atoms with E-state index in [1.807, 2.05) is 54.6 Å². The van der Waals surface area contributed by atoms with Gasteiger partial charge in [-0.2, -0.15) is 0 Å². The molecule has 0 aliphatic rings. The molecule has 4 aromatic rings. The molecule has 0 radical (unpaired) electrons. The predicted octanol–water partition coefficient (Wildman–Crippen LogP) is 4.98. The van der Waals surface area contributed by atoms with Crippen LogP contribution in [0.2, 0.25) is 0 Å². The van der Waals surface area contributed by atoms with E-state index in [0.717, 1.165) is 33.3 Å². The lowest BCUT2D eigenvalue weighted by Gasteiger charge is -2.17. The Labute approximate surface area is 176 Å². The Kier molecular flexibility index (Phi) is 6.21. The SMILES string of the molecule is O=c1ccoc(C[C@@H](NCCF)Sc2ccc(-c3cc4ccccc4o3)cc2)c1O. The first-order valence-electron chi connectivity index (χ1n) is 9.48. The fraction of sp³-hybridized carbons (Fsp3) is 0.174. The van der Waals surface area contributed by atoms with Gasteiger partial charge in [0.05, 0.1) is 11.6 Å². The number of para-hydroxylation sites is 1. The molecule has 4 rings (SSSR count). The third-order valence-corrected chi connectivity index (χ3v) is 5.77. The second-order valence-electron chi connectivity index (χ2n) is 6.68. The van der Waals surface area contributed by atoms with Crippen molar-refractivity contribution in [1.82, 2.24) is 5.32 Å². The molecule has 2 N–H and O–H groups in total. The van der Waals surface area contributed by atoms with E-state index in [2.05, 4.69) is 5.32 Å². The zero-order chi connectivity index (χ0) is 20.9. The maximum atomic E-state index is 12.7. The van der Waals surface area contributed by atoms with Crippen LogP contribution < -0.4 is 10.7 Å². The number of fused-ring (bicyclic) bond motifs is 1. The first kappa shape index (κ1) is 20.3. The molecule has 0 saturated carbocycles. The van der Waals surface area contributed by atoms with Crippen LogP contribution in [0.1, 0.15) is 5.76 Å². The number of rotatable bonds is 8. The highest BCUT2D eigenvalue weighted by molar-refractivity contribution is 7.99. The number of furan rings is 1. The number of thioether (sulfide) groups is 1. The van der Waals surface area contributed by atoms with Crippen LogP contribution in [0.5, 0.6) is 5.75 Å². The average Bonchev–Trinajstić information content (AvgIpc) is 3.20. The van der Waals surface area contributed by atoms with Gasteiger partial charge in [0.2, 0.25) is 11.2 Å². The molecule has 0 saturated heterocycles. The van der Waals surface area contributed by atoms with E-state index in [9.17, 15) is 14.3 Å². The van der Waals surface area contributed by atoms with Crippen molar-refractivity contribution in [3.63, 3.8) is 0 Å². The second-order valence-corrected chi connectivity index (χ2v) is 7.96. The number of aromatic hydroxyl groups is 1. The Morgan fingerprint density at radius 2 is 1.90 bits per heavy atom. The van der Waals surface area contributed by atoms with Gasteiger partial charge in [0, 0.05) is 34.9 Å². The predicted molar refractivity (Wildman–Crippen MR) is 116 cm³/mol. The fourth-order valence-electron chi connectivity index (χ4n) is 3.12. The second kappa shape index (κ2) is 9.19. The van der Waals surface area contributed by atoms with Crippen LogP contribution >= 0.6 is 11.8 Å². The van der Waals surface area contributed by atoms with Crippen LogP contribution in [0, 0.1) is 0 Å². The third kappa shape index (κ3) is 4.58. The minimum atomic E-state index is -0.521. The number of halogens is 1. The van der Waals surface area contributed by atoms with Gasteiger partial charge in [0.15, 0.2) is 5.76 Å². The Bertz CT molecular complexity index is 1150. The minimum absolute atomic E-state index is 0.159. The molecule has 0 fully saturated rings. The van der Waals surface area contributed by atoms with Crippen molar-refractivity contribution >= 4 is 22.7 Å². The highest BCUT2D eigenvalue weighted by atomic mass is 32.2. The molecule has 2 aromatic heterocycles. The lowest BCUT2D eigenvalue weighted by Crippen LogP contribution is -2.30. The zero-order valence-electron chi connectivity index (χ0n) is 16.0. The Morgan fingerprint density at radius 3 is 2.67 bits per heavy atom. The van der Waals surface area contributed by atoms with Gasteiger partial charge in [0.1, 0.15) is 18.0 Å². The van der Waals surface area contributed by atoms with Crippen molar-refractivity contribution in [2.45, 2.75) is 16.7 Å². The number of benzene rings is 2. The lowest BCUT2D eigenvalue weighted by molar-refractivity contribution is 0.389. The number of hydrogen-bond donors (Lipinski definition) is 2. The molecule has 154 valence electrons. The van der Waals surface area contributed by atoms with Crippen LogP contribution in [-0.2, 0) is 6.42 Å². The van der Waals surface area contributed by atoms with E-state index in [1.165, 1.54) is 18.0 Å². The van der Waals surface area contributed by atoms with Gasteiger partial charge in [0.25, 0.3) is 0 Å². The molecule has 0 bridgehead atoms. The van der Waals surface area contributed by atoms with Gasteiger partial charge in [-0.15, -0.1) is 11.8 Å². The highest BCUT2D eigenvalue weighted by Gasteiger charge is 2.17. The quantitative estimate of drug-likeness (QED) is 0.306. The largest absolute Gasteiger partial charge is 0.502 e. The van der Waals surface area contributed by atoms with E-state index in [1.54, 1.807) is 0 Å². The smallest absolute Gasteiger partial charge is 0.226 e. The molecule has 5 nitrogen and oxygen atoms in total. The summed E-state index contributed by atoms with van der Waals surface area (Å²) >= 11 is 1.47. The van der Waals surface area contributed by atoms with Gasteiger partial charge < -0.3 is 19.3 Å². The molecular formula is C23H20FNO4S.